The maximum Gasteiger partial charge on any atom is 0.246 e. The van der Waals surface area contributed by atoms with Gasteiger partial charge in [0.05, 0.1) is 0 Å². The van der Waals surface area contributed by atoms with E-state index >= 15 is 0 Å². The summed E-state index contributed by atoms with van der Waals surface area (Å²) in [6.45, 7) is 12.7. The number of hydrogen-bond acceptors (Lipinski definition) is 4. The standard InChI is InChI=1S/C40H48F2N4O2.C2H6/c1-6-40(43)21-10-12-29(3)45(4)37(27-31-16-18-33(15-11-22-40)28(2)24-31)39(48)46(5)36(26-32-17-19-34(41)35(42)25-32)38(47)44-23-20-30-13-8-7-9-14-30;1-2/h7-19,24-25,36-37H,3,6,20-23,26-27,43H2,1-2,4-5H3,(H,44,47);1-2H3/b12-10+,15-11-;/t36?,37-,40?;/m1./s1. The van der Waals surface area contributed by atoms with Crippen molar-refractivity contribution < 1.29 is 18.4 Å². The number of carbonyl (C=O) groups is 2. The summed E-state index contributed by atoms with van der Waals surface area (Å²) in [6, 6.07) is 17.8. The maximum absolute atomic E-state index is 14.5. The molecular formula is C42H54F2N4O2. The number of allylic oxidation sites excluding steroid dienone is 1. The molecule has 2 aliphatic heterocycles. The fourth-order valence-corrected chi connectivity index (χ4v) is 5.98. The van der Waals surface area contributed by atoms with Gasteiger partial charge < -0.3 is 20.9 Å². The average Bonchev–Trinajstić information content (AvgIpc) is 3.12. The number of nitrogens with zero attached hydrogens (tertiary/aromatic N) is 2. The first-order valence-electron chi connectivity index (χ1n) is 17.6. The number of amides is 2. The highest BCUT2D eigenvalue weighted by molar-refractivity contribution is 5.90. The third-order valence-electron chi connectivity index (χ3n) is 9.42. The molecule has 0 spiro atoms. The van der Waals surface area contributed by atoms with Crippen molar-refractivity contribution >= 4 is 17.9 Å². The number of benzene rings is 3. The molecule has 2 heterocycles. The van der Waals surface area contributed by atoms with Gasteiger partial charge in [-0.3, -0.25) is 9.59 Å². The molecule has 3 N–H and O–H groups in total. The van der Waals surface area contributed by atoms with Crippen LogP contribution in [0.4, 0.5) is 8.78 Å². The predicted molar refractivity (Wildman–Crippen MR) is 201 cm³/mol. The van der Waals surface area contributed by atoms with Crippen molar-refractivity contribution in [2.45, 2.75) is 83.8 Å². The summed E-state index contributed by atoms with van der Waals surface area (Å²) in [4.78, 5) is 31.6. The van der Waals surface area contributed by atoms with Crippen LogP contribution in [-0.2, 0) is 28.9 Å². The fraction of sp³-hybridized carbons (Fsp3) is 0.381. The molecule has 50 heavy (non-hydrogen) atoms. The summed E-state index contributed by atoms with van der Waals surface area (Å²) in [6.07, 6.45) is 11.2. The highest BCUT2D eigenvalue weighted by Gasteiger charge is 2.34. The molecular weight excluding hydrogens is 630 g/mol. The summed E-state index contributed by atoms with van der Waals surface area (Å²) in [7, 11) is 3.42. The summed E-state index contributed by atoms with van der Waals surface area (Å²) in [5.74, 6) is -2.66. The van der Waals surface area contributed by atoms with Gasteiger partial charge in [-0.05, 0) is 78.6 Å². The predicted octanol–water partition coefficient (Wildman–Crippen LogP) is 7.56. The van der Waals surface area contributed by atoms with Gasteiger partial charge in [0.15, 0.2) is 11.6 Å². The van der Waals surface area contributed by atoms with Crippen LogP contribution < -0.4 is 11.1 Å². The van der Waals surface area contributed by atoms with Crippen LogP contribution in [-0.4, -0.2) is 59.9 Å². The second-order valence-corrected chi connectivity index (χ2v) is 12.9. The fourth-order valence-electron chi connectivity index (χ4n) is 5.98. The number of likely N-dealkylation sites (N-methyl/N-ethyl adjacent to an activating group) is 2. The molecule has 5 rings (SSSR count). The van der Waals surface area contributed by atoms with E-state index in [1.165, 1.54) is 11.0 Å². The molecule has 6 nitrogen and oxygen atoms in total. The molecule has 3 atom stereocenters. The number of halogens is 2. The Hall–Kier alpha value is -4.56. The van der Waals surface area contributed by atoms with E-state index in [1.54, 1.807) is 7.05 Å². The lowest BCUT2D eigenvalue weighted by atomic mass is 9.88. The van der Waals surface area contributed by atoms with Gasteiger partial charge >= 0.3 is 0 Å². The summed E-state index contributed by atoms with van der Waals surface area (Å²) in [5.41, 5.74) is 11.5. The average molecular weight is 685 g/mol. The Bertz CT molecular complexity index is 1650. The van der Waals surface area contributed by atoms with Crippen LogP contribution in [0, 0.1) is 18.6 Å². The SMILES string of the molecule is C=C1/C=C/CC(N)(CC)C/C=C\c2ccc(cc2C)C[C@H](C(=O)N(C)C(Cc2ccc(F)c(F)c2)C(=O)NCCc2ccccc2)N1C.CC. The Morgan fingerprint density at radius 2 is 1.68 bits per heavy atom. The first-order chi connectivity index (χ1) is 23.9. The van der Waals surface area contributed by atoms with Gasteiger partial charge in [-0.1, -0.05) is 100 Å². The smallest absolute Gasteiger partial charge is 0.246 e. The number of nitrogens with one attached hydrogen (secondary N) is 1. The lowest BCUT2D eigenvalue weighted by Gasteiger charge is -2.36. The van der Waals surface area contributed by atoms with E-state index in [0.29, 0.717) is 37.1 Å². The second kappa shape index (κ2) is 19.0. The summed E-state index contributed by atoms with van der Waals surface area (Å²) >= 11 is 0. The molecule has 0 aromatic heterocycles. The Kier molecular flexibility index (Phi) is 15.2. The summed E-state index contributed by atoms with van der Waals surface area (Å²) in [5, 5.41) is 2.97. The molecule has 0 radical (unpaired) electrons. The van der Waals surface area contributed by atoms with Gasteiger partial charge in [0.25, 0.3) is 0 Å². The van der Waals surface area contributed by atoms with E-state index in [1.807, 2.05) is 81.3 Å². The summed E-state index contributed by atoms with van der Waals surface area (Å²) < 4.78 is 28.0. The molecule has 268 valence electrons. The van der Waals surface area contributed by atoms with Gasteiger partial charge in [-0.2, -0.15) is 0 Å². The Balaban J connectivity index is 0.00000332. The molecule has 2 aliphatic rings. The van der Waals surface area contributed by atoms with E-state index in [4.69, 9.17) is 5.73 Å². The van der Waals surface area contributed by atoms with Crippen molar-refractivity contribution in [3.63, 3.8) is 0 Å². The maximum atomic E-state index is 14.5. The van der Waals surface area contributed by atoms with Crippen molar-refractivity contribution in [1.82, 2.24) is 15.1 Å². The van der Waals surface area contributed by atoms with E-state index in [0.717, 1.165) is 47.2 Å². The minimum absolute atomic E-state index is 0.00361. The highest BCUT2D eigenvalue weighted by Crippen LogP contribution is 2.24. The zero-order chi connectivity index (χ0) is 36.8. The first-order valence-corrected chi connectivity index (χ1v) is 17.6. The van der Waals surface area contributed by atoms with Gasteiger partial charge in [-0.25, -0.2) is 8.78 Å². The third kappa shape index (κ3) is 11.0. The van der Waals surface area contributed by atoms with Gasteiger partial charge in [-0.15, -0.1) is 0 Å². The molecule has 3 aromatic carbocycles. The number of aryl methyl sites for hydroxylation is 1. The van der Waals surface area contributed by atoms with Gasteiger partial charge in [0, 0.05) is 44.7 Å². The number of hydrogen-bond donors (Lipinski definition) is 2. The number of carbonyl (C=O) groups excluding carboxylic acids is 2. The molecule has 0 saturated carbocycles. The van der Waals surface area contributed by atoms with Crippen molar-refractivity contribution in [3.05, 3.63) is 137 Å². The third-order valence-corrected chi connectivity index (χ3v) is 9.42. The van der Waals surface area contributed by atoms with Crippen LogP contribution in [0.1, 0.15) is 67.9 Å². The van der Waals surface area contributed by atoms with Gasteiger partial charge in [0.2, 0.25) is 11.8 Å². The first kappa shape index (κ1) is 39.9. The molecule has 2 amide bonds. The van der Waals surface area contributed by atoms with E-state index in [2.05, 4.69) is 43.1 Å². The van der Waals surface area contributed by atoms with Crippen molar-refractivity contribution in [2.24, 2.45) is 5.73 Å². The Labute approximate surface area is 297 Å². The van der Waals surface area contributed by atoms with E-state index in [9.17, 15) is 18.4 Å². The lowest BCUT2D eigenvalue weighted by Crippen LogP contribution is -2.55. The van der Waals surface area contributed by atoms with E-state index < -0.39 is 29.3 Å². The lowest BCUT2D eigenvalue weighted by molar-refractivity contribution is -0.142. The quantitative estimate of drug-likeness (QED) is 0.244. The van der Waals surface area contributed by atoms with Crippen molar-refractivity contribution in [3.8, 4) is 0 Å². The van der Waals surface area contributed by atoms with Gasteiger partial charge in [0.1, 0.15) is 12.1 Å². The van der Waals surface area contributed by atoms with Crippen LogP contribution in [0.15, 0.2) is 97.2 Å². The minimum Gasteiger partial charge on any atom is -0.363 e. The van der Waals surface area contributed by atoms with E-state index in [-0.39, 0.29) is 18.2 Å². The minimum atomic E-state index is -1.01. The van der Waals surface area contributed by atoms with Crippen molar-refractivity contribution in [2.75, 3.05) is 20.6 Å². The Morgan fingerprint density at radius 1 is 1.00 bits per heavy atom. The molecule has 3 aromatic rings. The Morgan fingerprint density at radius 3 is 2.32 bits per heavy atom. The van der Waals surface area contributed by atoms with Crippen LogP contribution in [0.5, 0.6) is 0 Å². The molecule has 0 fully saturated rings. The normalized spacial score (nSPS) is 19.7. The van der Waals surface area contributed by atoms with Crippen LogP contribution in [0.3, 0.4) is 0 Å². The highest BCUT2D eigenvalue weighted by atomic mass is 19.2. The molecule has 0 saturated heterocycles. The van der Waals surface area contributed by atoms with Crippen LogP contribution in [0.2, 0.25) is 0 Å². The topological polar surface area (TPSA) is 78.7 Å². The zero-order valence-corrected chi connectivity index (χ0v) is 30.5. The number of rotatable bonds is 9. The molecule has 2 unspecified atom stereocenters. The van der Waals surface area contributed by atoms with Crippen molar-refractivity contribution in [1.29, 1.82) is 0 Å². The largest absolute Gasteiger partial charge is 0.363 e. The number of nitrogens with two attached hydrogens (primary N) is 1. The van der Waals surface area contributed by atoms with Crippen LogP contribution >= 0.6 is 0 Å². The monoisotopic (exact) mass is 684 g/mol. The second-order valence-electron chi connectivity index (χ2n) is 12.9. The number of fused-ring (bicyclic) bond motifs is 10. The van der Waals surface area contributed by atoms with Crippen LogP contribution in [0.25, 0.3) is 6.08 Å². The zero-order valence-electron chi connectivity index (χ0n) is 30.5. The molecule has 8 heteroatoms. The molecule has 0 aliphatic carbocycles. The molecule has 2 bridgehead atoms.